The maximum atomic E-state index is 12.6. The first-order valence-electron chi connectivity index (χ1n) is 6.17. The van der Waals surface area contributed by atoms with Crippen LogP contribution in [0.3, 0.4) is 0 Å². The van der Waals surface area contributed by atoms with Gasteiger partial charge < -0.3 is 10.2 Å². The van der Waals surface area contributed by atoms with Gasteiger partial charge in [0, 0.05) is 23.8 Å². The average molecular weight is 309 g/mol. The first-order chi connectivity index (χ1) is 9.27. The minimum absolute atomic E-state index is 0.0300. The molecule has 0 spiro atoms. The molecule has 7 heteroatoms. The molecule has 0 fully saturated rings. The van der Waals surface area contributed by atoms with E-state index in [9.17, 15) is 18.0 Å². The summed E-state index contributed by atoms with van der Waals surface area (Å²) in [6.45, 7) is 4.71. The van der Waals surface area contributed by atoms with E-state index in [-0.39, 0.29) is 23.2 Å². The van der Waals surface area contributed by atoms with Gasteiger partial charge in [0.05, 0.1) is 12.1 Å². The molecule has 0 saturated carbocycles. The number of alkyl halides is 3. The molecule has 0 aromatic heterocycles. The summed E-state index contributed by atoms with van der Waals surface area (Å²) in [6.07, 6.45) is -4.47. The highest BCUT2D eigenvalue weighted by Crippen LogP contribution is 2.33. The lowest BCUT2D eigenvalue weighted by atomic mass is 10.2. The van der Waals surface area contributed by atoms with Crippen LogP contribution < -0.4 is 5.32 Å². The van der Waals surface area contributed by atoms with Gasteiger partial charge in [0.2, 0.25) is 5.91 Å². The SMILES string of the molecule is CCN(CC)C(=O)CNc1cc(Cl)cc(C(F)(F)F)c1. The third-order valence-electron chi connectivity index (χ3n) is 2.78. The molecule has 112 valence electrons. The highest BCUT2D eigenvalue weighted by molar-refractivity contribution is 6.30. The first-order valence-corrected chi connectivity index (χ1v) is 6.55. The number of hydrogen-bond donors (Lipinski definition) is 1. The van der Waals surface area contributed by atoms with Gasteiger partial charge in [0.15, 0.2) is 0 Å². The Morgan fingerprint density at radius 2 is 1.85 bits per heavy atom. The molecule has 0 bridgehead atoms. The van der Waals surface area contributed by atoms with E-state index in [0.717, 1.165) is 12.1 Å². The number of hydrogen-bond acceptors (Lipinski definition) is 2. The van der Waals surface area contributed by atoms with Gasteiger partial charge in [-0.3, -0.25) is 4.79 Å². The van der Waals surface area contributed by atoms with E-state index in [0.29, 0.717) is 13.1 Å². The summed E-state index contributed by atoms with van der Waals surface area (Å²) in [6, 6.07) is 3.13. The predicted octanol–water partition coefficient (Wildman–Crippen LogP) is 3.64. The predicted molar refractivity (Wildman–Crippen MR) is 72.9 cm³/mol. The zero-order chi connectivity index (χ0) is 15.3. The van der Waals surface area contributed by atoms with Crippen LogP contribution in [0.25, 0.3) is 0 Å². The molecule has 1 aromatic rings. The normalized spacial score (nSPS) is 11.3. The molecule has 1 aromatic carbocycles. The Bertz CT molecular complexity index is 473. The molecule has 0 saturated heterocycles. The fourth-order valence-electron chi connectivity index (χ4n) is 1.72. The van der Waals surface area contributed by atoms with Crippen LogP contribution in [0, 0.1) is 0 Å². The third-order valence-corrected chi connectivity index (χ3v) is 3.00. The number of carbonyl (C=O) groups excluding carboxylic acids is 1. The molecule has 20 heavy (non-hydrogen) atoms. The summed E-state index contributed by atoms with van der Waals surface area (Å²) in [5, 5.41) is 2.64. The average Bonchev–Trinajstić information content (AvgIpc) is 2.36. The number of anilines is 1. The smallest absolute Gasteiger partial charge is 0.376 e. The van der Waals surface area contributed by atoms with Crippen LogP contribution in [-0.4, -0.2) is 30.4 Å². The lowest BCUT2D eigenvalue weighted by Gasteiger charge is -2.19. The second-order valence-corrected chi connectivity index (χ2v) is 4.58. The molecule has 0 atom stereocenters. The number of amides is 1. The second-order valence-electron chi connectivity index (χ2n) is 4.15. The summed E-state index contributed by atoms with van der Waals surface area (Å²) < 4.78 is 37.9. The van der Waals surface area contributed by atoms with Gasteiger partial charge in [-0.1, -0.05) is 11.6 Å². The molecule has 3 nitrogen and oxygen atoms in total. The molecular weight excluding hydrogens is 293 g/mol. The summed E-state index contributed by atoms with van der Waals surface area (Å²) in [7, 11) is 0. The van der Waals surface area contributed by atoms with Crippen molar-refractivity contribution in [3.63, 3.8) is 0 Å². The maximum absolute atomic E-state index is 12.6. The van der Waals surface area contributed by atoms with Crippen molar-refractivity contribution < 1.29 is 18.0 Å². The summed E-state index contributed by atoms with van der Waals surface area (Å²) in [5.41, 5.74) is -0.673. The van der Waals surface area contributed by atoms with Crippen LogP contribution in [0.2, 0.25) is 5.02 Å². The summed E-state index contributed by atoms with van der Waals surface area (Å²) >= 11 is 5.65. The van der Waals surface area contributed by atoms with Crippen molar-refractivity contribution in [3.05, 3.63) is 28.8 Å². The molecule has 0 aliphatic carbocycles. The maximum Gasteiger partial charge on any atom is 0.416 e. The fraction of sp³-hybridized carbons (Fsp3) is 0.462. The van der Waals surface area contributed by atoms with Gasteiger partial charge in [0.25, 0.3) is 0 Å². The number of nitrogens with one attached hydrogen (secondary N) is 1. The van der Waals surface area contributed by atoms with E-state index >= 15 is 0 Å². The minimum atomic E-state index is -4.47. The monoisotopic (exact) mass is 308 g/mol. The van der Waals surface area contributed by atoms with Crippen molar-refractivity contribution in [2.75, 3.05) is 25.0 Å². The van der Waals surface area contributed by atoms with E-state index in [2.05, 4.69) is 5.32 Å². The summed E-state index contributed by atoms with van der Waals surface area (Å²) in [4.78, 5) is 13.3. The van der Waals surface area contributed by atoms with Gasteiger partial charge >= 0.3 is 6.18 Å². The lowest BCUT2D eigenvalue weighted by Crippen LogP contribution is -2.35. The molecule has 0 unspecified atom stereocenters. The minimum Gasteiger partial charge on any atom is -0.376 e. The number of nitrogens with zero attached hydrogens (tertiary/aromatic N) is 1. The van der Waals surface area contributed by atoms with E-state index in [4.69, 9.17) is 11.6 Å². The summed E-state index contributed by atoms with van der Waals surface area (Å²) in [5.74, 6) is -0.177. The van der Waals surface area contributed by atoms with Crippen molar-refractivity contribution >= 4 is 23.2 Å². The molecule has 0 aliphatic heterocycles. The zero-order valence-electron chi connectivity index (χ0n) is 11.2. The number of carbonyl (C=O) groups is 1. The Labute approximate surface area is 120 Å². The Kier molecular flexibility index (Phi) is 5.68. The Morgan fingerprint density at radius 1 is 1.25 bits per heavy atom. The van der Waals surface area contributed by atoms with E-state index in [1.54, 1.807) is 4.90 Å². The van der Waals surface area contributed by atoms with Crippen LogP contribution in [0.5, 0.6) is 0 Å². The van der Waals surface area contributed by atoms with Gasteiger partial charge in [-0.15, -0.1) is 0 Å². The van der Waals surface area contributed by atoms with Crippen molar-refractivity contribution in [2.24, 2.45) is 0 Å². The van der Waals surface area contributed by atoms with Crippen LogP contribution in [0.15, 0.2) is 18.2 Å². The Hall–Kier alpha value is -1.43. The Balaban J connectivity index is 2.79. The van der Waals surface area contributed by atoms with Gasteiger partial charge in [-0.25, -0.2) is 0 Å². The molecule has 0 radical (unpaired) electrons. The third kappa shape index (κ3) is 4.59. The van der Waals surface area contributed by atoms with Crippen molar-refractivity contribution in [1.29, 1.82) is 0 Å². The molecular formula is C13H16ClF3N2O. The standard InChI is InChI=1S/C13H16ClF3N2O/c1-3-19(4-2)12(20)8-18-11-6-9(13(15,16)17)5-10(14)7-11/h5-7,18H,3-4,8H2,1-2H3. The molecule has 0 heterocycles. The Morgan fingerprint density at radius 3 is 2.35 bits per heavy atom. The van der Waals surface area contributed by atoms with Gasteiger partial charge in [-0.05, 0) is 32.0 Å². The first kappa shape index (κ1) is 16.6. The molecule has 1 N–H and O–H groups in total. The largest absolute Gasteiger partial charge is 0.416 e. The van der Waals surface area contributed by atoms with E-state index in [1.165, 1.54) is 6.07 Å². The molecule has 0 aliphatic rings. The van der Waals surface area contributed by atoms with Crippen molar-refractivity contribution in [3.8, 4) is 0 Å². The van der Waals surface area contributed by atoms with Crippen LogP contribution in [0.1, 0.15) is 19.4 Å². The fourth-order valence-corrected chi connectivity index (χ4v) is 1.96. The second kappa shape index (κ2) is 6.83. The van der Waals surface area contributed by atoms with Gasteiger partial charge in [0.1, 0.15) is 0 Å². The number of benzene rings is 1. The van der Waals surface area contributed by atoms with E-state index < -0.39 is 11.7 Å². The molecule has 1 amide bonds. The topological polar surface area (TPSA) is 32.3 Å². The number of rotatable bonds is 5. The van der Waals surface area contributed by atoms with Crippen molar-refractivity contribution in [1.82, 2.24) is 4.90 Å². The van der Waals surface area contributed by atoms with Gasteiger partial charge in [-0.2, -0.15) is 13.2 Å². The van der Waals surface area contributed by atoms with Crippen LogP contribution >= 0.6 is 11.6 Å². The highest BCUT2D eigenvalue weighted by atomic mass is 35.5. The van der Waals surface area contributed by atoms with Crippen molar-refractivity contribution in [2.45, 2.75) is 20.0 Å². The quantitative estimate of drug-likeness (QED) is 0.900. The molecule has 1 rings (SSSR count). The van der Waals surface area contributed by atoms with E-state index in [1.807, 2.05) is 13.8 Å². The highest BCUT2D eigenvalue weighted by Gasteiger charge is 2.31. The lowest BCUT2D eigenvalue weighted by molar-refractivity contribution is -0.137. The van der Waals surface area contributed by atoms with Crippen LogP contribution in [-0.2, 0) is 11.0 Å². The zero-order valence-corrected chi connectivity index (χ0v) is 12.0. The number of halogens is 4. The van der Waals surface area contributed by atoms with Crippen LogP contribution in [0.4, 0.5) is 18.9 Å². The number of likely N-dealkylation sites (N-methyl/N-ethyl adjacent to an activating group) is 1.